The summed E-state index contributed by atoms with van der Waals surface area (Å²) in [6.45, 7) is 2.06. The lowest BCUT2D eigenvalue weighted by molar-refractivity contribution is -0.116. The number of carbonyl (C=O) groups excluding carboxylic acids is 1. The fourth-order valence-corrected chi connectivity index (χ4v) is 1.57. The van der Waals surface area contributed by atoms with Crippen LogP contribution in [0.5, 0.6) is 0 Å². The van der Waals surface area contributed by atoms with E-state index in [1.807, 2.05) is 6.08 Å². The van der Waals surface area contributed by atoms with Crippen molar-refractivity contribution in [1.82, 2.24) is 0 Å². The Kier molecular flexibility index (Phi) is 2.50. The highest BCUT2D eigenvalue weighted by Crippen LogP contribution is 2.26. The summed E-state index contributed by atoms with van der Waals surface area (Å²) in [6.07, 6.45) is 5.96. The quantitative estimate of drug-likeness (QED) is 0.423. The Hall–Kier alpha value is -0.300. The minimum Gasteiger partial charge on any atom is -0.281 e. The third-order valence-electron chi connectivity index (χ3n) is 2.04. The maximum atomic E-state index is 10.7. The Bertz CT molecular complexity index is 163. The zero-order chi connectivity index (χ0) is 7.56. The first-order chi connectivity index (χ1) is 4.72. The molecule has 56 valence electrons. The summed E-state index contributed by atoms with van der Waals surface area (Å²) in [5.74, 6) is 0.488. The molecule has 0 aliphatic heterocycles. The van der Waals surface area contributed by atoms with E-state index in [1.54, 1.807) is 0 Å². The van der Waals surface area contributed by atoms with Crippen molar-refractivity contribution in [2.45, 2.75) is 19.8 Å². The van der Waals surface area contributed by atoms with Gasteiger partial charge in [0.15, 0.2) is 0 Å². The molecule has 1 aliphatic carbocycles. The smallest absolute Gasteiger partial charge is 0.225 e. The first-order valence-corrected chi connectivity index (χ1v) is 3.94. The second-order valence-corrected chi connectivity index (χ2v) is 3.20. The number of halogens is 1. The Morgan fingerprint density at radius 1 is 1.50 bits per heavy atom. The van der Waals surface area contributed by atoms with Crippen LogP contribution in [-0.4, -0.2) is 5.24 Å². The van der Waals surface area contributed by atoms with Gasteiger partial charge in [-0.25, -0.2) is 0 Å². The summed E-state index contributed by atoms with van der Waals surface area (Å²) in [6, 6.07) is 0. The average molecular weight is 159 g/mol. The Balaban J connectivity index is 2.59. The molecule has 0 radical (unpaired) electrons. The Morgan fingerprint density at radius 2 is 2.10 bits per heavy atom. The molecule has 0 N–H and O–H groups in total. The number of rotatable bonds is 1. The standard InChI is InChI=1S/C8H11ClO/c1-6-4-2-3-5-7(6)8(9)10/h2-3,6-7H,4-5H2,1H3/t6-,7-/m0/s1. The van der Waals surface area contributed by atoms with Gasteiger partial charge in [-0.15, -0.1) is 0 Å². The molecule has 0 heterocycles. The second-order valence-electron chi connectivity index (χ2n) is 2.83. The fourth-order valence-electron chi connectivity index (χ4n) is 1.27. The van der Waals surface area contributed by atoms with Crippen LogP contribution in [-0.2, 0) is 4.79 Å². The van der Waals surface area contributed by atoms with Gasteiger partial charge in [-0.3, -0.25) is 4.79 Å². The topological polar surface area (TPSA) is 17.1 Å². The minimum absolute atomic E-state index is 0.0617. The minimum atomic E-state index is -0.183. The first-order valence-electron chi connectivity index (χ1n) is 3.56. The summed E-state index contributed by atoms with van der Waals surface area (Å²) in [4.78, 5) is 10.7. The Morgan fingerprint density at radius 3 is 2.50 bits per heavy atom. The molecule has 0 spiro atoms. The maximum Gasteiger partial charge on any atom is 0.225 e. The highest BCUT2D eigenvalue weighted by atomic mass is 35.5. The summed E-state index contributed by atoms with van der Waals surface area (Å²) < 4.78 is 0. The number of hydrogen-bond acceptors (Lipinski definition) is 1. The van der Waals surface area contributed by atoms with Gasteiger partial charge in [0.05, 0.1) is 0 Å². The van der Waals surface area contributed by atoms with Gasteiger partial charge >= 0.3 is 0 Å². The Labute approximate surface area is 66.1 Å². The van der Waals surface area contributed by atoms with E-state index >= 15 is 0 Å². The SMILES string of the molecule is C[C@H]1CC=CC[C@@H]1C(=O)Cl. The van der Waals surface area contributed by atoms with Gasteiger partial charge in [-0.2, -0.15) is 0 Å². The molecular weight excluding hydrogens is 148 g/mol. The van der Waals surface area contributed by atoms with E-state index in [1.165, 1.54) is 0 Å². The van der Waals surface area contributed by atoms with Gasteiger partial charge < -0.3 is 0 Å². The van der Waals surface area contributed by atoms with Crippen molar-refractivity contribution in [3.63, 3.8) is 0 Å². The number of carbonyl (C=O) groups is 1. The highest BCUT2D eigenvalue weighted by Gasteiger charge is 2.23. The lowest BCUT2D eigenvalue weighted by Gasteiger charge is -2.20. The molecule has 0 aromatic rings. The largest absolute Gasteiger partial charge is 0.281 e. The lowest BCUT2D eigenvalue weighted by atomic mass is 9.85. The molecule has 10 heavy (non-hydrogen) atoms. The maximum absolute atomic E-state index is 10.7. The number of allylic oxidation sites excluding steroid dienone is 2. The molecule has 0 aromatic heterocycles. The predicted octanol–water partition coefficient (Wildman–Crippen LogP) is 2.35. The van der Waals surface area contributed by atoms with E-state index in [0.717, 1.165) is 12.8 Å². The predicted molar refractivity (Wildman–Crippen MR) is 41.9 cm³/mol. The molecule has 1 aliphatic rings. The molecule has 0 saturated carbocycles. The van der Waals surface area contributed by atoms with Gasteiger partial charge in [-0.05, 0) is 30.4 Å². The van der Waals surface area contributed by atoms with E-state index in [0.29, 0.717) is 5.92 Å². The van der Waals surface area contributed by atoms with Crippen molar-refractivity contribution in [2.75, 3.05) is 0 Å². The molecule has 1 rings (SSSR count). The monoisotopic (exact) mass is 158 g/mol. The van der Waals surface area contributed by atoms with Crippen LogP contribution in [0.1, 0.15) is 19.8 Å². The molecular formula is C8H11ClO. The molecule has 2 heteroatoms. The van der Waals surface area contributed by atoms with Gasteiger partial charge in [0.2, 0.25) is 5.24 Å². The first kappa shape index (κ1) is 7.80. The van der Waals surface area contributed by atoms with Gasteiger partial charge in [0.25, 0.3) is 0 Å². The summed E-state index contributed by atoms with van der Waals surface area (Å²) in [7, 11) is 0. The molecule has 0 bridgehead atoms. The van der Waals surface area contributed by atoms with E-state index in [9.17, 15) is 4.79 Å². The number of hydrogen-bond donors (Lipinski definition) is 0. The zero-order valence-electron chi connectivity index (χ0n) is 6.01. The normalized spacial score (nSPS) is 32.2. The third-order valence-corrected chi connectivity index (χ3v) is 2.32. The second kappa shape index (κ2) is 3.20. The summed E-state index contributed by atoms with van der Waals surface area (Å²) in [5, 5.41) is -0.183. The molecule has 0 unspecified atom stereocenters. The van der Waals surface area contributed by atoms with Crippen LogP contribution in [0.3, 0.4) is 0 Å². The highest BCUT2D eigenvalue weighted by molar-refractivity contribution is 6.64. The van der Waals surface area contributed by atoms with Gasteiger partial charge in [-0.1, -0.05) is 19.1 Å². The van der Waals surface area contributed by atoms with Crippen LogP contribution in [0.2, 0.25) is 0 Å². The van der Waals surface area contributed by atoms with Crippen molar-refractivity contribution in [3.05, 3.63) is 12.2 Å². The van der Waals surface area contributed by atoms with Crippen molar-refractivity contribution in [1.29, 1.82) is 0 Å². The summed E-state index contributed by atoms with van der Waals surface area (Å²) in [5.41, 5.74) is 0. The molecule has 0 saturated heterocycles. The van der Waals surface area contributed by atoms with E-state index in [-0.39, 0.29) is 11.2 Å². The molecule has 2 atom stereocenters. The van der Waals surface area contributed by atoms with Crippen molar-refractivity contribution >= 4 is 16.8 Å². The van der Waals surface area contributed by atoms with Crippen LogP contribution in [0.25, 0.3) is 0 Å². The lowest BCUT2D eigenvalue weighted by Crippen LogP contribution is -2.19. The van der Waals surface area contributed by atoms with E-state index in [4.69, 9.17) is 11.6 Å². The van der Waals surface area contributed by atoms with Crippen LogP contribution in [0.15, 0.2) is 12.2 Å². The molecule has 0 amide bonds. The van der Waals surface area contributed by atoms with Crippen molar-refractivity contribution < 1.29 is 4.79 Å². The van der Waals surface area contributed by atoms with Crippen molar-refractivity contribution in [2.24, 2.45) is 11.8 Å². The fraction of sp³-hybridized carbons (Fsp3) is 0.625. The third kappa shape index (κ3) is 1.60. The van der Waals surface area contributed by atoms with E-state index < -0.39 is 0 Å². The van der Waals surface area contributed by atoms with E-state index in [2.05, 4.69) is 13.0 Å². The average Bonchev–Trinajstić information content (AvgIpc) is 1.88. The van der Waals surface area contributed by atoms with Gasteiger partial charge in [0.1, 0.15) is 0 Å². The van der Waals surface area contributed by atoms with Crippen LogP contribution >= 0.6 is 11.6 Å². The van der Waals surface area contributed by atoms with Crippen LogP contribution < -0.4 is 0 Å². The molecule has 1 nitrogen and oxygen atoms in total. The molecule has 0 fully saturated rings. The van der Waals surface area contributed by atoms with Gasteiger partial charge in [0, 0.05) is 5.92 Å². The zero-order valence-corrected chi connectivity index (χ0v) is 6.77. The van der Waals surface area contributed by atoms with Crippen molar-refractivity contribution in [3.8, 4) is 0 Å². The molecule has 0 aromatic carbocycles. The van der Waals surface area contributed by atoms with Crippen LogP contribution in [0, 0.1) is 11.8 Å². The van der Waals surface area contributed by atoms with Crippen LogP contribution in [0.4, 0.5) is 0 Å². The summed E-state index contributed by atoms with van der Waals surface area (Å²) >= 11 is 5.38.